The SMILES string of the molecule is CC[C@@H](O)c1ccc(OC(C)C#N)cc1. The normalized spacial score (nSPS) is 14.0. The topological polar surface area (TPSA) is 53.2 Å². The van der Waals surface area contributed by atoms with Crippen molar-refractivity contribution in [3.05, 3.63) is 29.8 Å². The molecule has 1 rings (SSSR count). The number of ether oxygens (including phenoxy) is 1. The molecule has 80 valence electrons. The minimum atomic E-state index is -0.452. The smallest absolute Gasteiger partial charge is 0.181 e. The van der Waals surface area contributed by atoms with Crippen LogP contribution in [-0.2, 0) is 0 Å². The molecule has 0 fully saturated rings. The van der Waals surface area contributed by atoms with Gasteiger partial charge in [0, 0.05) is 0 Å². The first kappa shape index (κ1) is 11.5. The van der Waals surface area contributed by atoms with Gasteiger partial charge >= 0.3 is 0 Å². The minimum Gasteiger partial charge on any atom is -0.476 e. The van der Waals surface area contributed by atoms with Crippen molar-refractivity contribution in [3.8, 4) is 11.8 Å². The average molecular weight is 205 g/mol. The molecule has 0 bridgehead atoms. The summed E-state index contributed by atoms with van der Waals surface area (Å²) in [5.74, 6) is 0.649. The molecule has 15 heavy (non-hydrogen) atoms. The zero-order valence-electron chi connectivity index (χ0n) is 8.97. The van der Waals surface area contributed by atoms with E-state index in [0.29, 0.717) is 12.2 Å². The number of benzene rings is 1. The Balaban J connectivity index is 2.69. The zero-order chi connectivity index (χ0) is 11.3. The summed E-state index contributed by atoms with van der Waals surface area (Å²) in [6.07, 6.45) is -0.186. The molecule has 1 unspecified atom stereocenters. The highest BCUT2D eigenvalue weighted by atomic mass is 16.5. The first-order valence-electron chi connectivity index (χ1n) is 5.01. The van der Waals surface area contributed by atoms with Crippen LogP contribution in [0, 0.1) is 11.3 Å². The molecule has 0 aliphatic heterocycles. The van der Waals surface area contributed by atoms with Crippen LogP contribution in [0.5, 0.6) is 5.75 Å². The van der Waals surface area contributed by atoms with Crippen molar-refractivity contribution in [1.82, 2.24) is 0 Å². The summed E-state index contributed by atoms with van der Waals surface area (Å²) in [5, 5.41) is 18.1. The lowest BCUT2D eigenvalue weighted by Crippen LogP contribution is -2.08. The van der Waals surface area contributed by atoms with Gasteiger partial charge in [0.05, 0.1) is 6.10 Å². The van der Waals surface area contributed by atoms with Crippen LogP contribution in [0.1, 0.15) is 31.9 Å². The fourth-order valence-electron chi connectivity index (χ4n) is 1.23. The highest BCUT2D eigenvalue weighted by Gasteiger charge is 2.05. The number of nitriles is 1. The second-order valence-corrected chi connectivity index (χ2v) is 3.38. The summed E-state index contributed by atoms with van der Waals surface area (Å²) in [6.45, 7) is 3.61. The maximum absolute atomic E-state index is 9.56. The van der Waals surface area contributed by atoms with E-state index in [2.05, 4.69) is 0 Å². The Labute approximate surface area is 89.9 Å². The van der Waals surface area contributed by atoms with E-state index in [1.165, 1.54) is 0 Å². The third kappa shape index (κ3) is 3.26. The summed E-state index contributed by atoms with van der Waals surface area (Å²) < 4.78 is 5.29. The van der Waals surface area contributed by atoms with Crippen molar-refractivity contribution in [1.29, 1.82) is 5.26 Å². The largest absolute Gasteiger partial charge is 0.476 e. The van der Waals surface area contributed by atoms with E-state index in [9.17, 15) is 5.11 Å². The molecule has 1 N–H and O–H groups in total. The monoisotopic (exact) mass is 205 g/mol. The molecular formula is C12H15NO2. The molecule has 1 aromatic carbocycles. The van der Waals surface area contributed by atoms with Gasteiger partial charge in [-0.15, -0.1) is 0 Å². The van der Waals surface area contributed by atoms with Crippen molar-refractivity contribution in [2.45, 2.75) is 32.5 Å². The van der Waals surface area contributed by atoms with E-state index < -0.39 is 12.2 Å². The molecule has 0 aliphatic carbocycles. The molecule has 0 aromatic heterocycles. The van der Waals surface area contributed by atoms with E-state index >= 15 is 0 Å². The molecule has 3 heteroatoms. The Morgan fingerprint density at radius 3 is 2.47 bits per heavy atom. The van der Waals surface area contributed by atoms with Crippen molar-refractivity contribution >= 4 is 0 Å². The van der Waals surface area contributed by atoms with Crippen LogP contribution in [0.2, 0.25) is 0 Å². The van der Waals surface area contributed by atoms with Gasteiger partial charge in [0.2, 0.25) is 0 Å². The van der Waals surface area contributed by atoms with Gasteiger partial charge in [0.15, 0.2) is 6.10 Å². The van der Waals surface area contributed by atoms with E-state index in [0.717, 1.165) is 5.56 Å². The van der Waals surface area contributed by atoms with E-state index in [1.54, 1.807) is 19.1 Å². The average Bonchev–Trinajstić information content (AvgIpc) is 2.29. The number of nitrogens with zero attached hydrogens (tertiary/aromatic N) is 1. The van der Waals surface area contributed by atoms with Crippen LogP contribution < -0.4 is 4.74 Å². The molecule has 1 aromatic rings. The maximum atomic E-state index is 9.56. The first-order chi connectivity index (χ1) is 7.17. The van der Waals surface area contributed by atoms with E-state index in [-0.39, 0.29) is 0 Å². The van der Waals surface area contributed by atoms with Crippen LogP contribution in [0.3, 0.4) is 0 Å². The second-order valence-electron chi connectivity index (χ2n) is 3.38. The van der Waals surface area contributed by atoms with Gasteiger partial charge in [0.1, 0.15) is 11.8 Å². The molecule has 2 atom stereocenters. The van der Waals surface area contributed by atoms with E-state index in [1.807, 2.05) is 25.1 Å². The quantitative estimate of drug-likeness (QED) is 0.821. The lowest BCUT2D eigenvalue weighted by Gasteiger charge is -2.10. The molecule has 0 saturated heterocycles. The number of rotatable bonds is 4. The van der Waals surface area contributed by atoms with Gasteiger partial charge in [-0.2, -0.15) is 5.26 Å². The third-order valence-electron chi connectivity index (χ3n) is 2.15. The Morgan fingerprint density at radius 2 is 2.00 bits per heavy atom. The van der Waals surface area contributed by atoms with Gasteiger partial charge in [-0.25, -0.2) is 0 Å². The number of hydrogen-bond acceptors (Lipinski definition) is 3. The van der Waals surface area contributed by atoms with Crippen molar-refractivity contribution in [2.75, 3.05) is 0 Å². The fourth-order valence-corrected chi connectivity index (χ4v) is 1.23. The fraction of sp³-hybridized carbons (Fsp3) is 0.417. The Hall–Kier alpha value is -1.53. The third-order valence-corrected chi connectivity index (χ3v) is 2.15. The number of aliphatic hydroxyl groups is 1. The van der Waals surface area contributed by atoms with Crippen molar-refractivity contribution in [3.63, 3.8) is 0 Å². The Kier molecular flexibility index (Phi) is 4.14. The van der Waals surface area contributed by atoms with Gasteiger partial charge in [0.25, 0.3) is 0 Å². The standard InChI is InChI=1S/C12H15NO2/c1-3-12(14)10-4-6-11(7-5-10)15-9(2)8-13/h4-7,9,12,14H,3H2,1-2H3/t9?,12-/m1/s1. The van der Waals surface area contributed by atoms with E-state index in [4.69, 9.17) is 10.00 Å². The zero-order valence-corrected chi connectivity index (χ0v) is 8.97. The van der Waals surface area contributed by atoms with Crippen molar-refractivity contribution < 1.29 is 9.84 Å². The predicted octanol–water partition coefficient (Wildman–Crippen LogP) is 2.42. The molecule has 0 aliphatic rings. The Morgan fingerprint density at radius 1 is 1.40 bits per heavy atom. The molecular weight excluding hydrogens is 190 g/mol. The summed E-state index contributed by atoms with van der Waals surface area (Å²) >= 11 is 0. The highest BCUT2D eigenvalue weighted by Crippen LogP contribution is 2.20. The molecule has 0 spiro atoms. The number of hydrogen-bond donors (Lipinski definition) is 1. The molecule has 0 saturated carbocycles. The maximum Gasteiger partial charge on any atom is 0.181 e. The van der Waals surface area contributed by atoms with Gasteiger partial charge in [-0.05, 0) is 31.0 Å². The second kappa shape index (κ2) is 5.38. The minimum absolute atomic E-state index is 0.424. The van der Waals surface area contributed by atoms with Crippen LogP contribution in [0.15, 0.2) is 24.3 Å². The highest BCUT2D eigenvalue weighted by molar-refractivity contribution is 5.28. The summed E-state index contributed by atoms with van der Waals surface area (Å²) in [7, 11) is 0. The predicted molar refractivity (Wildman–Crippen MR) is 57.4 cm³/mol. The van der Waals surface area contributed by atoms with Crippen molar-refractivity contribution in [2.24, 2.45) is 0 Å². The van der Waals surface area contributed by atoms with Gasteiger partial charge in [-0.3, -0.25) is 0 Å². The van der Waals surface area contributed by atoms with Gasteiger partial charge < -0.3 is 9.84 Å². The molecule has 0 radical (unpaired) electrons. The molecule has 0 amide bonds. The Bertz CT molecular complexity index is 340. The molecule has 0 heterocycles. The molecule has 3 nitrogen and oxygen atoms in total. The van der Waals surface area contributed by atoms with Crippen LogP contribution in [-0.4, -0.2) is 11.2 Å². The summed E-state index contributed by atoms with van der Waals surface area (Å²) in [4.78, 5) is 0. The number of aliphatic hydroxyl groups excluding tert-OH is 1. The van der Waals surface area contributed by atoms with Crippen LogP contribution in [0.25, 0.3) is 0 Å². The lowest BCUT2D eigenvalue weighted by atomic mass is 10.1. The van der Waals surface area contributed by atoms with Gasteiger partial charge in [-0.1, -0.05) is 19.1 Å². The summed E-state index contributed by atoms with van der Waals surface area (Å²) in [6, 6.07) is 9.15. The van der Waals surface area contributed by atoms with Crippen LogP contribution in [0.4, 0.5) is 0 Å². The first-order valence-corrected chi connectivity index (χ1v) is 5.01. The van der Waals surface area contributed by atoms with Crippen LogP contribution >= 0.6 is 0 Å². The lowest BCUT2D eigenvalue weighted by molar-refractivity contribution is 0.173. The summed E-state index contributed by atoms with van der Waals surface area (Å²) in [5.41, 5.74) is 0.870.